The van der Waals surface area contributed by atoms with Crippen LogP contribution in [-0.2, 0) is 20.8 Å². The van der Waals surface area contributed by atoms with Crippen molar-refractivity contribution in [1.29, 1.82) is 0 Å². The van der Waals surface area contributed by atoms with Crippen molar-refractivity contribution in [3.05, 3.63) is 99.9 Å². The van der Waals surface area contributed by atoms with E-state index in [1.165, 1.54) is 12.1 Å². The van der Waals surface area contributed by atoms with Gasteiger partial charge in [-0.25, -0.2) is 18.7 Å². The number of benzene rings is 3. The van der Waals surface area contributed by atoms with Gasteiger partial charge in [-0.15, -0.1) is 0 Å². The van der Waals surface area contributed by atoms with Gasteiger partial charge < -0.3 is 15.4 Å². The Balaban J connectivity index is 1.61. The second-order valence-corrected chi connectivity index (χ2v) is 10.1. The van der Waals surface area contributed by atoms with E-state index in [9.17, 15) is 36.3 Å². The maximum atomic E-state index is 14.9. The summed E-state index contributed by atoms with van der Waals surface area (Å²) in [5, 5.41) is 14.1. The third-order valence-electron chi connectivity index (χ3n) is 6.81. The Morgan fingerprint density at radius 2 is 1.49 bits per heavy atom. The SMILES string of the molecule is COc1c(F)c(F)c(C(=Cc2ccc(F)cc2)C(=O)NCCCCCC(=O)NC(Cc2ccc(C)cc2)C(=O)NO)c(F)c1F. The van der Waals surface area contributed by atoms with Gasteiger partial charge in [0.25, 0.3) is 11.8 Å². The molecule has 1 atom stereocenters. The van der Waals surface area contributed by atoms with Crippen LogP contribution in [0.2, 0.25) is 0 Å². The fraction of sp³-hybridized carbons (Fsp3) is 0.281. The molecule has 0 aliphatic rings. The van der Waals surface area contributed by atoms with Gasteiger partial charge in [-0.3, -0.25) is 19.6 Å². The number of ether oxygens (including phenoxy) is 1. The molecule has 3 aromatic carbocycles. The molecule has 3 amide bonds. The van der Waals surface area contributed by atoms with Gasteiger partial charge in [0.2, 0.25) is 17.5 Å². The molecule has 0 saturated heterocycles. The molecular weight excluding hydrogens is 601 g/mol. The summed E-state index contributed by atoms with van der Waals surface area (Å²) in [6.07, 6.45) is 2.20. The van der Waals surface area contributed by atoms with Crippen molar-refractivity contribution in [1.82, 2.24) is 16.1 Å². The van der Waals surface area contributed by atoms with E-state index in [2.05, 4.69) is 15.4 Å². The number of rotatable bonds is 14. The number of methoxy groups -OCH3 is 1. The van der Waals surface area contributed by atoms with E-state index in [-0.39, 0.29) is 24.9 Å². The van der Waals surface area contributed by atoms with Crippen molar-refractivity contribution in [2.24, 2.45) is 0 Å². The molecule has 3 rings (SSSR count). The molecule has 0 heterocycles. The normalized spacial score (nSPS) is 12.0. The van der Waals surface area contributed by atoms with Crippen molar-refractivity contribution in [3.63, 3.8) is 0 Å². The summed E-state index contributed by atoms with van der Waals surface area (Å²) >= 11 is 0. The van der Waals surface area contributed by atoms with Crippen LogP contribution in [0.3, 0.4) is 0 Å². The van der Waals surface area contributed by atoms with E-state index < -0.39 is 69.7 Å². The molecule has 0 radical (unpaired) electrons. The monoisotopic (exact) mass is 633 g/mol. The Labute approximate surface area is 256 Å². The molecule has 0 fully saturated rings. The quantitative estimate of drug-likeness (QED) is 0.0373. The van der Waals surface area contributed by atoms with Gasteiger partial charge in [0.1, 0.15) is 11.9 Å². The van der Waals surface area contributed by atoms with Crippen molar-refractivity contribution >= 4 is 29.4 Å². The third kappa shape index (κ3) is 9.35. The molecule has 45 heavy (non-hydrogen) atoms. The number of carbonyl (C=O) groups excluding carboxylic acids is 3. The zero-order valence-corrected chi connectivity index (χ0v) is 24.5. The average Bonchev–Trinajstić information content (AvgIpc) is 3.02. The Hall–Kier alpha value is -4.78. The molecule has 0 aromatic heterocycles. The lowest BCUT2D eigenvalue weighted by atomic mass is 9.99. The van der Waals surface area contributed by atoms with Crippen molar-refractivity contribution in [2.45, 2.75) is 45.1 Å². The molecule has 8 nitrogen and oxygen atoms in total. The van der Waals surface area contributed by atoms with E-state index in [1.54, 1.807) is 17.6 Å². The van der Waals surface area contributed by atoms with Gasteiger partial charge in [-0.2, -0.15) is 8.78 Å². The lowest BCUT2D eigenvalue weighted by Gasteiger charge is -2.17. The summed E-state index contributed by atoms with van der Waals surface area (Å²) in [5.41, 5.74) is 1.44. The highest BCUT2D eigenvalue weighted by Gasteiger charge is 2.30. The van der Waals surface area contributed by atoms with E-state index >= 15 is 0 Å². The number of hydroxylamine groups is 1. The number of amides is 3. The number of unbranched alkanes of at least 4 members (excludes halogenated alkanes) is 2. The van der Waals surface area contributed by atoms with Crippen LogP contribution in [0.15, 0.2) is 48.5 Å². The first-order valence-electron chi connectivity index (χ1n) is 13.9. The maximum absolute atomic E-state index is 14.9. The fourth-order valence-electron chi connectivity index (χ4n) is 4.40. The van der Waals surface area contributed by atoms with Crippen LogP contribution in [0.5, 0.6) is 5.75 Å². The van der Waals surface area contributed by atoms with E-state index in [4.69, 9.17) is 5.21 Å². The van der Waals surface area contributed by atoms with Crippen LogP contribution < -0.4 is 20.9 Å². The maximum Gasteiger partial charge on any atom is 0.266 e. The third-order valence-corrected chi connectivity index (χ3v) is 6.81. The minimum absolute atomic E-state index is 0.0214. The van der Waals surface area contributed by atoms with Crippen LogP contribution in [0.4, 0.5) is 22.0 Å². The molecule has 4 N–H and O–H groups in total. The topological polar surface area (TPSA) is 117 Å². The van der Waals surface area contributed by atoms with Gasteiger partial charge in [0.05, 0.1) is 18.2 Å². The molecule has 0 bridgehead atoms. The molecule has 0 saturated carbocycles. The molecular formula is C32H32F5N3O5. The average molecular weight is 634 g/mol. The Morgan fingerprint density at radius 1 is 0.867 bits per heavy atom. The zero-order chi connectivity index (χ0) is 33.1. The highest BCUT2D eigenvalue weighted by molar-refractivity contribution is 6.24. The Kier molecular flexibility index (Phi) is 12.6. The number of hydrogen-bond acceptors (Lipinski definition) is 5. The zero-order valence-electron chi connectivity index (χ0n) is 24.5. The number of aryl methyl sites for hydroxylation is 1. The van der Waals surface area contributed by atoms with E-state index in [0.29, 0.717) is 19.3 Å². The lowest BCUT2D eigenvalue weighted by molar-refractivity contribution is -0.134. The van der Waals surface area contributed by atoms with Crippen molar-refractivity contribution < 1.29 is 46.3 Å². The van der Waals surface area contributed by atoms with Gasteiger partial charge in [-0.1, -0.05) is 48.4 Å². The van der Waals surface area contributed by atoms with Crippen molar-refractivity contribution in [2.75, 3.05) is 13.7 Å². The standard InChI is InChI=1S/C32H32F5N3O5/c1-18-7-9-20(10-8-18)17-23(32(43)40-44)39-24(41)6-4-3-5-15-38-31(42)22(16-19-11-13-21(33)14-12-19)25-26(34)28(36)30(45-2)29(37)27(25)35/h7-14,16,23,44H,3-6,15,17H2,1-2H3,(H,38,42)(H,39,41)(H,40,43). The first-order valence-corrected chi connectivity index (χ1v) is 13.9. The second kappa shape index (κ2) is 16.3. The van der Waals surface area contributed by atoms with E-state index in [1.807, 2.05) is 19.1 Å². The van der Waals surface area contributed by atoms with Crippen LogP contribution >= 0.6 is 0 Å². The van der Waals surface area contributed by atoms with Crippen LogP contribution in [0.25, 0.3) is 11.6 Å². The van der Waals surface area contributed by atoms with Gasteiger partial charge in [0, 0.05) is 19.4 Å². The fourth-order valence-corrected chi connectivity index (χ4v) is 4.40. The molecule has 0 aliphatic heterocycles. The van der Waals surface area contributed by atoms with E-state index in [0.717, 1.165) is 36.4 Å². The first kappa shape index (κ1) is 34.7. The number of halogens is 5. The van der Waals surface area contributed by atoms with Crippen molar-refractivity contribution in [3.8, 4) is 5.75 Å². The predicted octanol–water partition coefficient (Wildman–Crippen LogP) is 5.15. The van der Waals surface area contributed by atoms with Crippen LogP contribution in [0, 0.1) is 36.0 Å². The largest absolute Gasteiger partial charge is 0.491 e. The van der Waals surface area contributed by atoms with Gasteiger partial charge in [0.15, 0.2) is 17.4 Å². The van der Waals surface area contributed by atoms with Crippen LogP contribution in [-0.4, -0.2) is 42.6 Å². The molecule has 13 heteroatoms. The molecule has 0 spiro atoms. The minimum Gasteiger partial charge on any atom is -0.491 e. The van der Waals surface area contributed by atoms with Crippen LogP contribution in [0.1, 0.15) is 47.9 Å². The summed E-state index contributed by atoms with van der Waals surface area (Å²) in [4.78, 5) is 37.5. The predicted molar refractivity (Wildman–Crippen MR) is 155 cm³/mol. The smallest absolute Gasteiger partial charge is 0.266 e. The molecule has 3 aromatic rings. The number of carbonyl (C=O) groups is 3. The molecule has 0 aliphatic carbocycles. The number of nitrogens with one attached hydrogen (secondary N) is 3. The highest BCUT2D eigenvalue weighted by Crippen LogP contribution is 2.34. The minimum atomic E-state index is -1.85. The van der Waals surface area contributed by atoms with Gasteiger partial charge >= 0.3 is 0 Å². The Morgan fingerprint density at radius 3 is 2.07 bits per heavy atom. The van der Waals surface area contributed by atoms with Gasteiger partial charge in [-0.05, 0) is 49.1 Å². The summed E-state index contributed by atoms with van der Waals surface area (Å²) in [5.74, 6) is -11.6. The molecule has 240 valence electrons. The Bertz CT molecular complexity index is 1520. The summed E-state index contributed by atoms with van der Waals surface area (Å²) in [6.45, 7) is 1.87. The summed E-state index contributed by atoms with van der Waals surface area (Å²) in [6, 6.07) is 10.8. The number of hydrogen-bond donors (Lipinski definition) is 4. The summed E-state index contributed by atoms with van der Waals surface area (Å²) < 4.78 is 76.5. The summed E-state index contributed by atoms with van der Waals surface area (Å²) in [7, 11) is 0.821. The first-order chi connectivity index (χ1) is 21.5. The molecule has 1 unspecified atom stereocenters. The second-order valence-electron chi connectivity index (χ2n) is 10.1. The lowest BCUT2D eigenvalue weighted by Crippen LogP contribution is -2.47. The highest BCUT2D eigenvalue weighted by atomic mass is 19.2.